The summed E-state index contributed by atoms with van der Waals surface area (Å²) < 4.78 is 5.12. The van der Waals surface area contributed by atoms with Crippen LogP contribution in [0.2, 0.25) is 0 Å². The quantitative estimate of drug-likeness (QED) is 0.627. The van der Waals surface area contributed by atoms with Crippen LogP contribution in [0.5, 0.6) is 11.5 Å². The maximum absolute atomic E-state index is 9.49. The van der Waals surface area contributed by atoms with Crippen molar-refractivity contribution in [3.05, 3.63) is 42.5 Å². The van der Waals surface area contributed by atoms with E-state index >= 15 is 0 Å². The van der Waals surface area contributed by atoms with Crippen LogP contribution in [0.25, 0.3) is 22.2 Å². The van der Waals surface area contributed by atoms with Gasteiger partial charge in [-0.25, -0.2) is 0 Å². The molecular formula is C13H9NO3. The van der Waals surface area contributed by atoms with Crippen LogP contribution in [0.4, 0.5) is 0 Å². The third-order valence-corrected chi connectivity index (χ3v) is 2.61. The van der Waals surface area contributed by atoms with Gasteiger partial charge in [0, 0.05) is 11.6 Å². The molecule has 2 N–H and O–H groups in total. The zero-order valence-electron chi connectivity index (χ0n) is 8.79. The number of fused-ring (bicyclic) bond motifs is 1. The van der Waals surface area contributed by atoms with Gasteiger partial charge in [-0.15, -0.1) is 0 Å². The lowest BCUT2D eigenvalue weighted by Crippen LogP contribution is -1.77. The molecule has 0 unspecified atom stereocenters. The van der Waals surface area contributed by atoms with Gasteiger partial charge in [-0.2, -0.15) is 0 Å². The molecule has 3 aromatic rings. The lowest BCUT2D eigenvalue weighted by Gasteiger charge is -1.98. The molecule has 0 bridgehead atoms. The Morgan fingerprint density at radius 2 is 1.65 bits per heavy atom. The summed E-state index contributed by atoms with van der Waals surface area (Å²) in [6, 6.07) is 12.3. The number of phenolic OH excluding ortho intramolecular Hbond substituents is 2. The van der Waals surface area contributed by atoms with Crippen molar-refractivity contribution in [1.29, 1.82) is 0 Å². The topological polar surface area (TPSA) is 66.5 Å². The van der Waals surface area contributed by atoms with E-state index in [1.54, 1.807) is 0 Å². The number of nitrogens with zero attached hydrogens (tertiary/aromatic N) is 1. The molecule has 0 aliphatic rings. The molecule has 0 saturated carbocycles. The van der Waals surface area contributed by atoms with Crippen LogP contribution < -0.4 is 0 Å². The van der Waals surface area contributed by atoms with Gasteiger partial charge in [0.1, 0.15) is 5.69 Å². The Morgan fingerprint density at radius 3 is 2.41 bits per heavy atom. The molecule has 0 amide bonds. The molecule has 1 aromatic heterocycles. The van der Waals surface area contributed by atoms with E-state index in [9.17, 15) is 10.2 Å². The molecule has 84 valence electrons. The normalized spacial score (nSPS) is 10.8. The molecule has 0 fully saturated rings. The summed E-state index contributed by atoms with van der Waals surface area (Å²) in [7, 11) is 0. The Bertz CT molecular complexity index is 674. The first-order valence-electron chi connectivity index (χ1n) is 5.12. The van der Waals surface area contributed by atoms with E-state index in [-0.39, 0.29) is 11.5 Å². The smallest absolute Gasteiger partial charge is 0.171 e. The SMILES string of the molecule is Oc1cc2onc(-c3ccccc3)c2cc1O. The predicted molar refractivity (Wildman–Crippen MR) is 62.8 cm³/mol. The van der Waals surface area contributed by atoms with Gasteiger partial charge < -0.3 is 14.7 Å². The van der Waals surface area contributed by atoms with Crippen molar-refractivity contribution in [1.82, 2.24) is 5.16 Å². The van der Waals surface area contributed by atoms with Crippen LogP contribution in [-0.4, -0.2) is 15.4 Å². The molecule has 17 heavy (non-hydrogen) atoms. The summed E-state index contributed by atoms with van der Waals surface area (Å²) in [6.45, 7) is 0. The first-order valence-corrected chi connectivity index (χ1v) is 5.12. The highest BCUT2D eigenvalue weighted by Gasteiger charge is 2.13. The zero-order valence-corrected chi connectivity index (χ0v) is 8.79. The fraction of sp³-hybridized carbons (Fsp3) is 0. The van der Waals surface area contributed by atoms with Crippen molar-refractivity contribution in [3.8, 4) is 22.8 Å². The molecule has 0 radical (unpaired) electrons. The number of hydrogen-bond donors (Lipinski definition) is 2. The number of phenols is 2. The predicted octanol–water partition coefficient (Wildman–Crippen LogP) is 2.91. The highest BCUT2D eigenvalue weighted by molar-refractivity contribution is 5.93. The van der Waals surface area contributed by atoms with E-state index in [0.717, 1.165) is 5.56 Å². The standard InChI is InChI=1S/C13H9NO3/c15-10-6-9-12(7-11(10)16)17-14-13(9)8-4-2-1-3-5-8/h1-7,15-16H. The summed E-state index contributed by atoms with van der Waals surface area (Å²) in [6.07, 6.45) is 0. The molecule has 2 aromatic carbocycles. The lowest BCUT2D eigenvalue weighted by atomic mass is 10.1. The van der Waals surface area contributed by atoms with E-state index in [1.165, 1.54) is 12.1 Å². The highest BCUT2D eigenvalue weighted by atomic mass is 16.5. The Morgan fingerprint density at radius 1 is 0.941 bits per heavy atom. The second-order valence-corrected chi connectivity index (χ2v) is 3.73. The summed E-state index contributed by atoms with van der Waals surface area (Å²) in [4.78, 5) is 0. The molecular weight excluding hydrogens is 218 g/mol. The third-order valence-electron chi connectivity index (χ3n) is 2.61. The van der Waals surface area contributed by atoms with Crippen LogP contribution in [0, 0.1) is 0 Å². The second kappa shape index (κ2) is 3.52. The van der Waals surface area contributed by atoms with Crippen molar-refractivity contribution >= 4 is 11.0 Å². The number of aromatic nitrogens is 1. The maximum atomic E-state index is 9.49. The van der Waals surface area contributed by atoms with Gasteiger partial charge in [0.25, 0.3) is 0 Å². The Balaban J connectivity index is 2.29. The maximum Gasteiger partial charge on any atom is 0.171 e. The van der Waals surface area contributed by atoms with Gasteiger partial charge in [0.2, 0.25) is 0 Å². The van der Waals surface area contributed by atoms with E-state index in [0.29, 0.717) is 16.7 Å². The largest absolute Gasteiger partial charge is 0.504 e. The number of rotatable bonds is 1. The fourth-order valence-corrected chi connectivity index (χ4v) is 1.77. The molecule has 4 nitrogen and oxygen atoms in total. The minimum absolute atomic E-state index is 0.183. The molecule has 1 heterocycles. The van der Waals surface area contributed by atoms with Crippen molar-refractivity contribution in [2.24, 2.45) is 0 Å². The van der Waals surface area contributed by atoms with Crippen LogP contribution in [0.1, 0.15) is 0 Å². The van der Waals surface area contributed by atoms with Crippen molar-refractivity contribution in [2.75, 3.05) is 0 Å². The number of aromatic hydroxyl groups is 2. The first-order chi connectivity index (χ1) is 8.25. The second-order valence-electron chi connectivity index (χ2n) is 3.73. The molecule has 0 spiro atoms. The van der Waals surface area contributed by atoms with Gasteiger partial charge in [-0.05, 0) is 6.07 Å². The van der Waals surface area contributed by atoms with Crippen molar-refractivity contribution in [2.45, 2.75) is 0 Å². The van der Waals surface area contributed by atoms with Gasteiger partial charge in [-0.1, -0.05) is 35.5 Å². The van der Waals surface area contributed by atoms with Crippen LogP contribution in [0.3, 0.4) is 0 Å². The number of benzene rings is 2. The van der Waals surface area contributed by atoms with Crippen molar-refractivity contribution < 1.29 is 14.7 Å². The average Bonchev–Trinajstić information content (AvgIpc) is 2.74. The third kappa shape index (κ3) is 1.50. The molecule has 0 atom stereocenters. The summed E-state index contributed by atoms with van der Waals surface area (Å²) in [5.74, 6) is -0.397. The molecule has 4 heteroatoms. The van der Waals surface area contributed by atoms with Gasteiger partial charge >= 0.3 is 0 Å². The highest BCUT2D eigenvalue weighted by Crippen LogP contribution is 2.35. The Kier molecular flexibility index (Phi) is 2.01. The fourth-order valence-electron chi connectivity index (χ4n) is 1.77. The summed E-state index contributed by atoms with van der Waals surface area (Å²) in [5, 5.41) is 23.5. The number of hydrogen-bond acceptors (Lipinski definition) is 4. The van der Waals surface area contributed by atoms with E-state index in [2.05, 4.69) is 5.16 Å². The first kappa shape index (κ1) is 9.72. The van der Waals surface area contributed by atoms with Gasteiger partial charge in [0.05, 0.1) is 5.39 Å². The summed E-state index contributed by atoms with van der Waals surface area (Å²) >= 11 is 0. The molecule has 0 aliphatic heterocycles. The Labute approximate surface area is 96.7 Å². The van der Waals surface area contributed by atoms with E-state index < -0.39 is 0 Å². The Hall–Kier alpha value is -2.49. The molecule has 0 saturated heterocycles. The van der Waals surface area contributed by atoms with Crippen LogP contribution >= 0.6 is 0 Å². The summed E-state index contributed by atoms with van der Waals surface area (Å²) in [5.41, 5.74) is 1.99. The van der Waals surface area contributed by atoms with E-state index in [4.69, 9.17) is 4.52 Å². The van der Waals surface area contributed by atoms with Crippen molar-refractivity contribution in [3.63, 3.8) is 0 Å². The minimum Gasteiger partial charge on any atom is -0.504 e. The van der Waals surface area contributed by atoms with Crippen LogP contribution in [0.15, 0.2) is 47.0 Å². The van der Waals surface area contributed by atoms with Crippen LogP contribution in [-0.2, 0) is 0 Å². The zero-order chi connectivity index (χ0) is 11.8. The van der Waals surface area contributed by atoms with E-state index in [1.807, 2.05) is 30.3 Å². The molecule has 3 rings (SSSR count). The average molecular weight is 227 g/mol. The van der Waals surface area contributed by atoms with Gasteiger partial charge in [-0.3, -0.25) is 0 Å². The minimum atomic E-state index is -0.215. The molecule has 0 aliphatic carbocycles. The van der Waals surface area contributed by atoms with Gasteiger partial charge in [0.15, 0.2) is 17.1 Å². The lowest BCUT2D eigenvalue weighted by molar-refractivity contribution is 0.402. The monoisotopic (exact) mass is 227 g/mol.